The van der Waals surface area contributed by atoms with Gasteiger partial charge in [0.15, 0.2) is 0 Å². The third kappa shape index (κ3) is 3.03. The van der Waals surface area contributed by atoms with E-state index in [1.54, 1.807) is 25.1 Å². The molecule has 0 fully saturated rings. The molecule has 0 atom stereocenters. The summed E-state index contributed by atoms with van der Waals surface area (Å²) in [5.74, 6) is -0.631. The Balaban J connectivity index is 2.14. The Labute approximate surface area is 116 Å². The maximum absolute atomic E-state index is 11.9. The number of H-pyrrole nitrogens is 1. The van der Waals surface area contributed by atoms with Crippen molar-refractivity contribution in [3.63, 3.8) is 0 Å². The molecule has 0 saturated carbocycles. The van der Waals surface area contributed by atoms with Crippen molar-refractivity contribution in [2.45, 2.75) is 13.8 Å². The second kappa shape index (κ2) is 6.01. The summed E-state index contributed by atoms with van der Waals surface area (Å²) in [6, 6.07) is 4.98. The lowest BCUT2D eigenvalue weighted by molar-refractivity contribution is 0.0526. The number of nitrogens with zero attached hydrogens (tertiary/aromatic N) is 1. The summed E-state index contributed by atoms with van der Waals surface area (Å²) in [6.07, 6.45) is 2.95. The van der Waals surface area contributed by atoms with Crippen LogP contribution in [0.2, 0.25) is 0 Å². The third-order valence-corrected chi connectivity index (χ3v) is 2.75. The first kappa shape index (κ1) is 13.8. The lowest BCUT2D eigenvalue weighted by Crippen LogP contribution is -2.12. The number of amides is 1. The fourth-order valence-electron chi connectivity index (χ4n) is 1.71. The van der Waals surface area contributed by atoms with E-state index in [4.69, 9.17) is 4.74 Å². The van der Waals surface area contributed by atoms with Gasteiger partial charge in [0, 0.05) is 11.9 Å². The molecular weight excluding hydrogens is 258 g/mol. The normalized spacial score (nSPS) is 10.1. The van der Waals surface area contributed by atoms with Gasteiger partial charge in [0.05, 0.1) is 23.9 Å². The van der Waals surface area contributed by atoms with E-state index in [1.807, 2.05) is 6.92 Å². The first-order chi connectivity index (χ1) is 9.61. The largest absolute Gasteiger partial charge is 0.462 e. The van der Waals surface area contributed by atoms with E-state index in [2.05, 4.69) is 15.5 Å². The number of esters is 1. The fourth-order valence-corrected chi connectivity index (χ4v) is 1.71. The van der Waals surface area contributed by atoms with Crippen LogP contribution in [0, 0.1) is 6.92 Å². The molecule has 6 heteroatoms. The van der Waals surface area contributed by atoms with Gasteiger partial charge >= 0.3 is 5.97 Å². The van der Waals surface area contributed by atoms with Gasteiger partial charge in [-0.25, -0.2) is 4.79 Å². The highest BCUT2D eigenvalue weighted by molar-refractivity contribution is 6.04. The molecule has 0 aliphatic carbocycles. The summed E-state index contributed by atoms with van der Waals surface area (Å²) in [6.45, 7) is 3.90. The van der Waals surface area contributed by atoms with Crippen LogP contribution in [0.1, 0.15) is 33.2 Å². The minimum atomic E-state index is -0.372. The van der Waals surface area contributed by atoms with E-state index >= 15 is 0 Å². The SMILES string of the molecule is CCOC(=O)c1ccc(NC(=O)c2cn[nH]c2)c(C)c1. The molecule has 1 heterocycles. The van der Waals surface area contributed by atoms with Gasteiger partial charge in [-0.1, -0.05) is 0 Å². The van der Waals surface area contributed by atoms with Crippen molar-refractivity contribution < 1.29 is 14.3 Å². The molecule has 0 radical (unpaired) electrons. The molecule has 2 aromatic rings. The Bertz CT molecular complexity index is 621. The molecule has 20 heavy (non-hydrogen) atoms. The Morgan fingerprint density at radius 2 is 2.15 bits per heavy atom. The number of aromatic nitrogens is 2. The number of anilines is 1. The molecule has 6 nitrogen and oxygen atoms in total. The lowest BCUT2D eigenvalue weighted by Gasteiger charge is -2.09. The van der Waals surface area contributed by atoms with Crippen molar-refractivity contribution in [1.29, 1.82) is 0 Å². The molecule has 2 rings (SSSR count). The average Bonchev–Trinajstić information content (AvgIpc) is 2.95. The second-order valence-electron chi connectivity index (χ2n) is 4.19. The van der Waals surface area contributed by atoms with Crippen LogP contribution in [0.25, 0.3) is 0 Å². The monoisotopic (exact) mass is 273 g/mol. The van der Waals surface area contributed by atoms with Gasteiger partial charge in [-0.05, 0) is 37.6 Å². The van der Waals surface area contributed by atoms with E-state index < -0.39 is 0 Å². The summed E-state index contributed by atoms with van der Waals surface area (Å²) < 4.78 is 4.92. The molecular formula is C14H15N3O3. The van der Waals surface area contributed by atoms with E-state index in [-0.39, 0.29) is 11.9 Å². The summed E-state index contributed by atoms with van der Waals surface area (Å²) in [7, 11) is 0. The number of nitrogens with one attached hydrogen (secondary N) is 2. The van der Waals surface area contributed by atoms with Crippen LogP contribution >= 0.6 is 0 Å². The van der Waals surface area contributed by atoms with Gasteiger partial charge in [-0.2, -0.15) is 5.10 Å². The Kier molecular flexibility index (Phi) is 4.14. The van der Waals surface area contributed by atoms with Gasteiger partial charge < -0.3 is 10.1 Å². The van der Waals surface area contributed by atoms with Crippen LogP contribution in [-0.2, 0) is 4.74 Å². The van der Waals surface area contributed by atoms with Crippen molar-refractivity contribution in [3.8, 4) is 0 Å². The number of hydrogen-bond donors (Lipinski definition) is 2. The van der Waals surface area contributed by atoms with Crippen LogP contribution in [0.4, 0.5) is 5.69 Å². The van der Waals surface area contributed by atoms with E-state index in [9.17, 15) is 9.59 Å². The zero-order valence-electron chi connectivity index (χ0n) is 11.3. The topological polar surface area (TPSA) is 84.1 Å². The Hall–Kier alpha value is -2.63. The van der Waals surface area contributed by atoms with E-state index in [0.29, 0.717) is 23.4 Å². The molecule has 0 aliphatic rings. The van der Waals surface area contributed by atoms with Crippen molar-refractivity contribution in [2.75, 3.05) is 11.9 Å². The molecule has 104 valence electrons. The van der Waals surface area contributed by atoms with Crippen molar-refractivity contribution in [3.05, 3.63) is 47.3 Å². The molecule has 0 spiro atoms. The summed E-state index contributed by atoms with van der Waals surface area (Å²) in [5.41, 5.74) is 2.33. The lowest BCUT2D eigenvalue weighted by atomic mass is 10.1. The predicted octanol–water partition coefficient (Wildman–Crippen LogP) is 2.15. The molecule has 0 aliphatic heterocycles. The maximum Gasteiger partial charge on any atom is 0.338 e. The highest BCUT2D eigenvalue weighted by Gasteiger charge is 2.11. The van der Waals surface area contributed by atoms with Crippen LogP contribution in [0.5, 0.6) is 0 Å². The number of aryl methyl sites for hydroxylation is 1. The van der Waals surface area contributed by atoms with Crippen molar-refractivity contribution >= 4 is 17.6 Å². The van der Waals surface area contributed by atoms with Crippen LogP contribution in [0.3, 0.4) is 0 Å². The number of aromatic amines is 1. The molecule has 1 aromatic carbocycles. The van der Waals surface area contributed by atoms with Crippen LogP contribution < -0.4 is 5.32 Å². The van der Waals surface area contributed by atoms with E-state index in [1.165, 1.54) is 12.4 Å². The quantitative estimate of drug-likeness (QED) is 0.836. The minimum absolute atomic E-state index is 0.259. The first-order valence-electron chi connectivity index (χ1n) is 6.19. The zero-order chi connectivity index (χ0) is 14.5. The van der Waals surface area contributed by atoms with Crippen LogP contribution in [-0.4, -0.2) is 28.7 Å². The van der Waals surface area contributed by atoms with Crippen molar-refractivity contribution in [2.24, 2.45) is 0 Å². The van der Waals surface area contributed by atoms with Gasteiger partial charge in [-0.15, -0.1) is 0 Å². The molecule has 2 N–H and O–H groups in total. The smallest absolute Gasteiger partial charge is 0.338 e. The van der Waals surface area contributed by atoms with Gasteiger partial charge in [0.1, 0.15) is 0 Å². The number of hydrogen-bond acceptors (Lipinski definition) is 4. The number of carbonyl (C=O) groups excluding carboxylic acids is 2. The fraction of sp³-hybridized carbons (Fsp3) is 0.214. The number of benzene rings is 1. The first-order valence-corrected chi connectivity index (χ1v) is 6.19. The highest BCUT2D eigenvalue weighted by atomic mass is 16.5. The standard InChI is InChI=1S/C14H15N3O3/c1-3-20-14(19)10-4-5-12(9(2)6-10)17-13(18)11-7-15-16-8-11/h4-8H,3H2,1-2H3,(H,15,16)(H,17,18). The van der Waals surface area contributed by atoms with Gasteiger partial charge in [-0.3, -0.25) is 9.89 Å². The van der Waals surface area contributed by atoms with Gasteiger partial charge in [0.25, 0.3) is 5.91 Å². The second-order valence-corrected chi connectivity index (χ2v) is 4.19. The molecule has 1 amide bonds. The molecule has 0 unspecified atom stereocenters. The number of carbonyl (C=O) groups is 2. The van der Waals surface area contributed by atoms with Crippen molar-refractivity contribution in [1.82, 2.24) is 10.2 Å². The summed E-state index contributed by atoms with van der Waals surface area (Å²) in [4.78, 5) is 23.5. The average molecular weight is 273 g/mol. The number of ether oxygens (including phenoxy) is 1. The predicted molar refractivity (Wildman–Crippen MR) is 73.7 cm³/mol. The maximum atomic E-state index is 11.9. The van der Waals surface area contributed by atoms with Gasteiger partial charge in [0.2, 0.25) is 0 Å². The zero-order valence-corrected chi connectivity index (χ0v) is 11.3. The summed E-state index contributed by atoms with van der Waals surface area (Å²) >= 11 is 0. The number of rotatable bonds is 4. The Morgan fingerprint density at radius 3 is 2.75 bits per heavy atom. The molecule has 0 bridgehead atoms. The Morgan fingerprint density at radius 1 is 1.35 bits per heavy atom. The summed E-state index contributed by atoms with van der Waals surface area (Å²) in [5, 5.41) is 9.05. The molecule has 1 aromatic heterocycles. The van der Waals surface area contributed by atoms with E-state index in [0.717, 1.165) is 5.56 Å². The highest BCUT2D eigenvalue weighted by Crippen LogP contribution is 2.18. The minimum Gasteiger partial charge on any atom is -0.462 e. The third-order valence-electron chi connectivity index (χ3n) is 2.75. The molecule has 0 saturated heterocycles. The van der Waals surface area contributed by atoms with Crippen LogP contribution in [0.15, 0.2) is 30.6 Å².